The molecular formula is C13H26N2O2S. The molecule has 106 valence electrons. The van der Waals surface area contributed by atoms with Crippen molar-refractivity contribution in [1.29, 1.82) is 0 Å². The van der Waals surface area contributed by atoms with E-state index in [1.165, 1.54) is 19.3 Å². The number of carbonyl (C=O) groups is 1. The van der Waals surface area contributed by atoms with Crippen LogP contribution < -0.4 is 10.6 Å². The number of thioether (sulfide) groups is 1. The summed E-state index contributed by atoms with van der Waals surface area (Å²) in [4.78, 5) is 11.4. The molecule has 1 aliphatic rings. The molecule has 0 bridgehead atoms. The molecule has 0 spiro atoms. The van der Waals surface area contributed by atoms with E-state index in [9.17, 15) is 4.79 Å². The summed E-state index contributed by atoms with van der Waals surface area (Å²) in [5, 5.41) is 6.16. The molecule has 0 heterocycles. The standard InChI is InChI=1S/C13H26N2O2S/c1-12(2,3)17-11(16)15-9-8-14-10-13(18-4)6-5-7-13/h14H,5-10H2,1-4H3,(H,15,16). The van der Waals surface area contributed by atoms with Gasteiger partial charge in [0.05, 0.1) is 0 Å². The van der Waals surface area contributed by atoms with Gasteiger partial charge >= 0.3 is 6.09 Å². The van der Waals surface area contributed by atoms with Crippen LogP contribution in [0.25, 0.3) is 0 Å². The molecule has 2 N–H and O–H groups in total. The minimum absolute atomic E-state index is 0.340. The summed E-state index contributed by atoms with van der Waals surface area (Å²) in [7, 11) is 0. The van der Waals surface area contributed by atoms with E-state index in [4.69, 9.17) is 4.74 Å². The Hall–Kier alpha value is -0.420. The number of rotatable bonds is 6. The lowest BCUT2D eigenvalue weighted by atomic mass is 9.84. The fraction of sp³-hybridized carbons (Fsp3) is 0.923. The van der Waals surface area contributed by atoms with Gasteiger partial charge in [0.15, 0.2) is 0 Å². The number of alkyl carbamates (subject to hydrolysis) is 1. The zero-order valence-electron chi connectivity index (χ0n) is 12.0. The van der Waals surface area contributed by atoms with Crippen molar-refractivity contribution in [2.75, 3.05) is 25.9 Å². The van der Waals surface area contributed by atoms with E-state index in [1.807, 2.05) is 32.5 Å². The summed E-state index contributed by atoms with van der Waals surface area (Å²) in [6.07, 6.45) is 5.80. The molecule has 5 heteroatoms. The summed E-state index contributed by atoms with van der Waals surface area (Å²) in [6.45, 7) is 8.03. The molecule has 0 aliphatic heterocycles. The first kappa shape index (κ1) is 15.6. The molecule has 0 aromatic carbocycles. The van der Waals surface area contributed by atoms with Crippen molar-refractivity contribution in [2.24, 2.45) is 0 Å². The van der Waals surface area contributed by atoms with Crippen molar-refractivity contribution in [3.8, 4) is 0 Å². The van der Waals surface area contributed by atoms with Gasteiger partial charge in [-0.05, 0) is 39.9 Å². The van der Waals surface area contributed by atoms with E-state index in [0.29, 0.717) is 11.3 Å². The lowest BCUT2D eigenvalue weighted by molar-refractivity contribution is 0.0528. The van der Waals surface area contributed by atoms with Crippen LogP contribution in [0.15, 0.2) is 0 Å². The summed E-state index contributed by atoms with van der Waals surface area (Å²) in [5.41, 5.74) is -0.424. The van der Waals surface area contributed by atoms with Crippen LogP contribution in [0.3, 0.4) is 0 Å². The highest BCUT2D eigenvalue weighted by Gasteiger charge is 2.35. The van der Waals surface area contributed by atoms with Crippen LogP contribution in [-0.4, -0.2) is 42.3 Å². The third-order valence-corrected chi connectivity index (χ3v) is 4.53. The van der Waals surface area contributed by atoms with Gasteiger partial charge in [-0.2, -0.15) is 11.8 Å². The van der Waals surface area contributed by atoms with Crippen molar-refractivity contribution in [3.63, 3.8) is 0 Å². The topological polar surface area (TPSA) is 50.4 Å². The predicted molar refractivity (Wildman–Crippen MR) is 77.2 cm³/mol. The summed E-state index contributed by atoms with van der Waals surface area (Å²) >= 11 is 1.96. The van der Waals surface area contributed by atoms with Crippen LogP contribution in [0.4, 0.5) is 4.79 Å². The van der Waals surface area contributed by atoms with Gasteiger partial charge in [0, 0.05) is 24.4 Å². The van der Waals surface area contributed by atoms with Gasteiger partial charge in [-0.3, -0.25) is 0 Å². The Morgan fingerprint density at radius 3 is 2.44 bits per heavy atom. The van der Waals surface area contributed by atoms with Crippen molar-refractivity contribution < 1.29 is 9.53 Å². The summed E-state index contributed by atoms with van der Waals surface area (Å²) in [6, 6.07) is 0. The first-order valence-corrected chi connectivity index (χ1v) is 7.82. The molecule has 0 radical (unpaired) electrons. The zero-order valence-corrected chi connectivity index (χ0v) is 12.8. The van der Waals surface area contributed by atoms with E-state index in [1.54, 1.807) is 0 Å². The largest absolute Gasteiger partial charge is 0.444 e. The van der Waals surface area contributed by atoms with Crippen molar-refractivity contribution >= 4 is 17.9 Å². The number of carbonyl (C=O) groups excluding carboxylic acids is 1. The highest BCUT2D eigenvalue weighted by Crippen LogP contribution is 2.41. The average molecular weight is 274 g/mol. The maximum Gasteiger partial charge on any atom is 0.407 e. The Kier molecular flexibility index (Phi) is 5.79. The number of ether oxygens (including phenoxy) is 1. The maximum atomic E-state index is 11.4. The van der Waals surface area contributed by atoms with E-state index in [2.05, 4.69) is 16.9 Å². The fourth-order valence-electron chi connectivity index (χ4n) is 1.91. The van der Waals surface area contributed by atoms with Gasteiger partial charge in [-0.25, -0.2) is 4.79 Å². The zero-order chi connectivity index (χ0) is 13.6. The highest BCUT2D eigenvalue weighted by molar-refractivity contribution is 8.00. The van der Waals surface area contributed by atoms with E-state index >= 15 is 0 Å². The molecule has 1 fully saturated rings. The molecule has 0 saturated heterocycles. The average Bonchev–Trinajstić information content (AvgIpc) is 2.18. The quantitative estimate of drug-likeness (QED) is 0.730. The second-order valence-corrected chi connectivity index (χ2v) is 7.12. The Bertz CT molecular complexity index is 267. The molecule has 1 rings (SSSR count). The smallest absolute Gasteiger partial charge is 0.407 e. The minimum atomic E-state index is -0.424. The van der Waals surface area contributed by atoms with Gasteiger partial charge in [0.2, 0.25) is 0 Å². The highest BCUT2D eigenvalue weighted by atomic mass is 32.2. The lowest BCUT2D eigenvalue weighted by Gasteiger charge is -2.40. The van der Waals surface area contributed by atoms with Crippen LogP contribution in [0.1, 0.15) is 40.0 Å². The summed E-state index contributed by atoms with van der Waals surface area (Å²) in [5.74, 6) is 0. The molecular weight excluding hydrogens is 248 g/mol. The van der Waals surface area contributed by atoms with Crippen LogP contribution in [0, 0.1) is 0 Å². The lowest BCUT2D eigenvalue weighted by Crippen LogP contribution is -2.45. The molecule has 18 heavy (non-hydrogen) atoms. The molecule has 0 atom stereocenters. The van der Waals surface area contributed by atoms with Gasteiger partial charge < -0.3 is 15.4 Å². The normalized spacial score (nSPS) is 18.0. The van der Waals surface area contributed by atoms with Crippen molar-refractivity contribution in [2.45, 2.75) is 50.4 Å². The second-order valence-electron chi connectivity index (χ2n) is 5.85. The van der Waals surface area contributed by atoms with Crippen LogP contribution in [0.5, 0.6) is 0 Å². The molecule has 1 aliphatic carbocycles. The Labute approximate surface area is 115 Å². The Morgan fingerprint density at radius 2 is 2.00 bits per heavy atom. The SMILES string of the molecule is CSC1(CNCCNC(=O)OC(C)(C)C)CCC1. The third kappa shape index (κ3) is 5.48. The first-order chi connectivity index (χ1) is 8.37. The van der Waals surface area contributed by atoms with E-state index < -0.39 is 5.60 Å². The van der Waals surface area contributed by atoms with Crippen LogP contribution in [0.2, 0.25) is 0 Å². The third-order valence-electron chi connectivity index (χ3n) is 3.11. The molecule has 1 amide bonds. The number of amides is 1. The molecule has 0 unspecified atom stereocenters. The van der Waals surface area contributed by atoms with Gasteiger partial charge in [0.25, 0.3) is 0 Å². The monoisotopic (exact) mass is 274 g/mol. The van der Waals surface area contributed by atoms with Crippen LogP contribution >= 0.6 is 11.8 Å². The van der Waals surface area contributed by atoms with Gasteiger partial charge in [-0.15, -0.1) is 0 Å². The van der Waals surface area contributed by atoms with Crippen LogP contribution in [-0.2, 0) is 4.74 Å². The first-order valence-electron chi connectivity index (χ1n) is 6.60. The predicted octanol–water partition coefficient (Wildman–Crippen LogP) is 2.39. The molecule has 0 aromatic heterocycles. The number of hydrogen-bond donors (Lipinski definition) is 2. The number of hydrogen-bond acceptors (Lipinski definition) is 4. The Balaban J connectivity index is 2.03. The van der Waals surface area contributed by atoms with E-state index in [-0.39, 0.29) is 6.09 Å². The maximum absolute atomic E-state index is 11.4. The van der Waals surface area contributed by atoms with Gasteiger partial charge in [-0.1, -0.05) is 6.42 Å². The summed E-state index contributed by atoms with van der Waals surface area (Å²) < 4.78 is 5.61. The molecule has 4 nitrogen and oxygen atoms in total. The van der Waals surface area contributed by atoms with Gasteiger partial charge in [0.1, 0.15) is 5.60 Å². The minimum Gasteiger partial charge on any atom is -0.444 e. The fourth-order valence-corrected chi connectivity index (χ4v) is 2.85. The molecule has 0 aromatic rings. The van der Waals surface area contributed by atoms with Crippen molar-refractivity contribution in [1.82, 2.24) is 10.6 Å². The number of nitrogens with one attached hydrogen (secondary N) is 2. The van der Waals surface area contributed by atoms with Crippen molar-refractivity contribution in [3.05, 3.63) is 0 Å². The van der Waals surface area contributed by atoms with E-state index in [0.717, 1.165) is 13.1 Å². The second kappa shape index (κ2) is 6.66. The Morgan fingerprint density at radius 1 is 1.33 bits per heavy atom. The molecule has 1 saturated carbocycles.